The topological polar surface area (TPSA) is 49.7 Å². The highest BCUT2D eigenvalue weighted by molar-refractivity contribution is 6.31. The molecule has 1 rings (SSSR count). The zero-order chi connectivity index (χ0) is 11.3. The first-order valence-electron chi connectivity index (χ1n) is 4.79. The quantitative estimate of drug-likeness (QED) is 0.762. The molecule has 15 heavy (non-hydrogen) atoms. The number of aliphatic hydroxyl groups is 1. The van der Waals surface area contributed by atoms with Gasteiger partial charge < -0.3 is 14.9 Å². The van der Waals surface area contributed by atoms with Crippen molar-refractivity contribution in [3.63, 3.8) is 0 Å². The van der Waals surface area contributed by atoms with Crippen LogP contribution in [0.25, 0.3) is 0 Å². The summed E-state index contributed by atoms with van der Waals surface area (Å²) in [4.78, 5) is 0. The third kappa shape index (κ3) is 3.38. The first-order chi connectivity index (χ1) is 7.19. The Labute approximate surface area is 94.3 Å². The van der Waals surface area contributed by atoms with Crippen molar-refractivity contribution in [3.8, 4) is 5.75 Å². The minimum absolute atomic E-state index is 0.119. The molecule has 0 spiro atoms. The first-order valence-corrected chi connectivity index (χ1v) is 5.17. The van der Waals surface area contributed by atoms with Gasteiger partial charge in [0.2, 0.25) is 0 Å². The monoisotopic (exact) mass is 230 g/mol. The van der Waals surface area contributed by atoms with Gasteiger partial charge in [0.25, 0.3) is 0 Å². The Kier molecular flexibility index (Phi) is 4.88. The molecule has 0 aliphatic rings. The molecule has 0 unspecified atom stereocenters. The molecular weight excluding hydrogens is 216 g/mol. The number of hydrogen-bond acceptors (Lipinski definition) is 3. The SMILES string of the molecule is COCCCc1c(O)cc(CO)cc1Cl. The molecule has 0 heterocycles. The van der Waals surface area contributed by atoms with Gasteiger partial charge in [-0.3, -0.25) is 0 Å². The van der Waals surface area contributed by atoms with Crippen LogP contribution in [0.3, 0.4) is 0 Å². The van der Waals surface area contributed by atoms with E-state index < -0.39 is 0 Å². The summed E-state index contributed by atoms with van der Waals surface area (Å²) in [7, 11) is 1.64. The molecule has 0 bridgehead atoms. The van der Waals surface area contributed by atoms with Gasteiger partial charge in [0.15, 0.2) is 0 Å². The van der Waals surface area contributed by atoms with Gasteiger partial charge in [0, 0.05) is 24.3 Å². The van der Waals surface area contributed by atoms with Crippen molar-refractivity contribution in [2.45, 2.75) is 19.4 Å². The lowest BCUT2D eigenvalue weighted by molar-refractivity contribution is 0.195. The Morgan fingerprint density at radius 3 is 2.67 bits per heavy atom. The van der Waals surface area contributed by atoms with Gasteiger partial charge in [-0.15, -0.1) is 0 Å². The van der Waals surface area contributed by atoms with Crippen molar-refractivity contribution in [2.24, 2.45) is 0 Å². The Morgan fingerprint density at radius 2 is 2.13 bits per heavy atom. The molecular formula is C11H15ClO3. The number of halogens is 1. The van der Waals surface area contributed by atoms with E-state index in [1.54, 1.807) is 13.2 Å². The fourth-order valence-corrected chi connectivity index (χ4v) is 1.74. The van der Waals surface area contributed by atoms with E-state index >= 15 is 0 Å². The second-order valence-corrected chi connectivity index (χ2v) is 3.74. The molecule has 0 aromatic heterocycles. The van der Waals surface area contributed by atoms with Crippen LogP contribution in [0.5, 0.6) is 5.75 Å². The zero-order valence-corrected chi connectivity index (χ0v) is 9.42. The van der Waals surface area contributed by atoms with Crippen LogP contribution in [0.4, 0.5) is 0 Å². The Bertz CT molecular complexity index is 303. The first kappa shape index (κ1) is 12.3. The highest BCUT2D eigenvalue weighted by Gasteiger charge is 2.08. The Hall–Kier alpha value is -0.770. The molecule has 0 aliphatic carbocycles. The molecule has 1 aromatic rings. The Morgan fingerprint density at radius 1 is 1.40 bits per heavy atom. The molecule has 0 saturated carbocycles. The van der Waals surface area contributed by atoms with E-state index in [0.29, 0.717) is 29.2 Å². The summed E-state index contributed by atoms with van der Waals surface area (Å²) in [6.07, 6.45) is 1.48. The second kappa shape index (κ2) is 5.95. The van der Waals surface area contributed by atoms with Gasteiger partial charge in [-0.05, 0) is 30.5 Å². The third-order valence-electron chi connectivity index (χ3n) is 2.19. The van der Waals surface area contributed by atoms with Gasteiger partial charge in [-0.2, -0.15) is 0 Å². The number of ether oxygens (including phenoxy) is 1. The van der Waals surface area contributed by atoms with E-state index in [0.717, 1.165) is 6.42 Å². The van der Waals surface area contributed by atoms with E-state index in [4.69, 9.17) is 21.4 Å². The maximum Gasteiger partial charge on any atom is 0.120 e. The summed E-state index contributed by atoms with van der Waals surface area (Å²) in [6.45, 7) is 0.517. The molecule has 0 atom stereocenters. The lowest BCUT2D eigenvalue weighted by Gasteiger charge is -2.08. The summed E-state index contributed by atoms with van der Waals surface area (Å²) < 4.78 is 4.92. The summed E-state index contributed by atoms with van der Waals surface area (Å²) in [5, 5.41) is 19.1. The molecule has 0 amide bonds. The molecule has 0 aliphatic heterocycles. The van der Waals surface area contributed by atoms with Gasteiger partial charge >= 0.3 is 0 Å². The molecule has 84 valence electrons. The van der Waals surface area contributed by atoms with Crippen LogP contribution >= 0.6 is 11.6 Å². The standard InChI is InChI=1S/C11H15ClO3/c1-15-4-2-3-9-10(12)5-8(7-13)6-11(9)14/h5-6,13-14H,2-4,7H2,1H3. The van der Waals surface area contributed by atoms with E-state index in [1.165, 1.54) is 6.07 Å². The van der Waals surface area contributed by atoms with Crippen molar-refractivity contribution in [1.82, 2.24) is 0 Å². The number of benzene rings is 1. The van der Waals surface area contributed by atoms with Gasteiger partial charge in [0.05, 0.1) is 6.61 Å². The number of phenolic OH excluding ortho intramolecular Hbond substituents is 1. The smallest absolute Gasteiger partial charge is 0.120 e. The normalized spacial score (nSPS) is 10.6. The summed E-state index contributed by atoms with van der Waals surface area (Å²) in [5.41, 5.74) is 1.33. The predicted molar refractivity (Wildman–Crippen MR) is 59.2 cm³/mol. The van der Waals surface area contributed by atoms with Crippen LogP contribution in [0.1, 0.15) is 17.5 Å². The fourth-order valence-electron chi connectivity index (χ4n) is 1.41. The van der Waals surface area contributed by atoms with Crippen molar-refractivity contribution in [1.29, 1.82) is 0 Å². The van der Waals surface area contributed by atoms with E-state index in [2.05, 4.69) is 0 Å². The minimum atomic E-state index is -0.119. The fraction of sp³-hybridized carbons (Fsp3) is 0.455. The summed E-state index contributed by atoms with van der Waals surface area (Å²) in [5.74, 6) is 0.141. The number of rotatable bonds is 5. The molecule has 0 fully saturated rings. The zero-order valence-electron chi connectivity index (χ0n) is 8.66. The number of aromatic hydroxyl groups is 1. The van der Waals surface area contributed by atoms with Crippen molar-refractivity contribution in [3.05, 3.63) is 28.3 Å². The van der Waals surface area contributed by atoms with Crippen LogP contribution in [-0.4, -0.2) is 23.9 Å². The van der Waals surface area contributed by atoms with Crippen LogP contribution < -0.4 is 0 Å². The highest BCUT2D eigenvalue weighted by Crippen LogP contribution is 2.28. The van der Waals surface area contributed by atoms with Crippen LogP contribution in [0.15, 0.2) is 12.1 Å². The van der Waals surface area contributed by atoms with Crippen LogP contribution in [-0.2, 0) is 17.8 Å². The lowest BCUT2D eigenvalue weighted by atomic mass is 10.1. The summed E-state index contributed by atoms with van der Waals surface area (Å²) >= 11 is 5.98. The maximum absolute atomic E-state index is 9.67. The number of hydrogen-bond donors (Lipinski definition) is 2. The number of aliphatic hydroxyl groups excluding tert-OH is 1. The molecule has 0 radical (unpaired) electrons. The van der Waals surface area contributed by atoms with Crippen LogP contribution in [0.2, 0.25) is 5.02 Å². The molecule has 1 aromatic carbocycles. The maximum atomic E-state index is 9.67. The lowest BCUT2D eigenvalue weighted by Crippen LogP contribution is -1.95. The molecule has 0 saturated heterocycles. The van der Waals surface area contributed by atoms with E-state index in [-0.39, 0.29) is 12.4 Å². The van der Waals surface area contributed by atoms with Gasteiger partial charge in [0.1, 0.15) is 5.75 Å². The number of methoxy groups -OCH3 is 1. The van der Waals surface area contributed by atoms with E-state index in [1.807, 2.05) is 0 Å². The van der Waals surface area contributed by atoms with Crippen molar-refractivity contribution < 1.29 is 14.9 Å². The van der Waals surface area contributed by atoms with Crippen molar-refractivity contribution in [2.75, 3.05) is 13.7 Å². The minimum Gasteiger partial charge on any atom is -0.508 e. The van der Waals surface area contributed by atoms with Crippen molar-refractivity contribution >= 4 is 11.6 Å². The molecule has 4 heteroatoms. The highest BCUT2D eigenvalue weighted by atomic mass is 35.5. The Balaban J connectivity index is 2.79. The average Bonchev–Trinajstić information content (AvgIpc) is 2.22. The third-order valence-corrected chi connectivity index (χ3v) is 2.53. The van der Waals surface area contributed by atoms with Crippen LogP contribution in [0, 0.1) is 0 Å². The largest absolute Gasteiger partial charge is 0.508 e. The van der Waals surface area contributed by atoms with Gasteiger partial charge in [-0.1, -0.05) is 11.6 Å². The van der Waals surface area contributed by atoms with Gasteiger partial charge in [-0.25, -0.2) is 0 Å². The van der Waals surface area contributed by atoms with E-state index in [9.17, 15) is 5.11 Å². The summed E-state index contributed by atoms with van der Waals surface area (Å²) in [6, 6.07) is 3.21. The molecule has 3 nitrogen and oxygen atoms in total. The average molecular weight is 231 g/mol. The molecule has 2 N–H and O–H groups in total. The number of phenols is 1. The second-order valence-electron chi connectivity index (χ2n) is 3.33. The predicted octanol–water partition coefficient (Wildman–Crippen LogP) is 2.12.